The van der Waals surface area contributed by atoms with Crippen molar-refractivity contribution in [2.45, 2.75) is 38.6 Å². The molecule has 8 heteroatoms. The molecule has 4 aliphatic rings. The van der Waals surface area contributed by atoms with Gasteiger partial charge in [-0.15, -0.1) is 0 Å². The fourth-order valence-corrected chi connectivity index (χ4v) is 5.61. The number of carbonyl (C=O) groups excluding carboxylic acids is 1. The molecule has 31 heavy (non-hydrogen) atoms. The maximum atomic E-state index is 13.2. The third-order valence-corrected chi connectivity index (χ3v) is 7.56. The largest absolute Gasteiger partial charge is 0.379 e. The number of ether oxygens (including phenoxy) is 1. The van der Waals surface area contributed by atoms with E-state index in [0.29, 0.717) is 5.91 Å². The maximum Gasteiger partial charge on any atom is 0.230 e. The molecule has 5 rings (SSSR count). The van der Waals surface area contributed by atoms with Crippen molar-refractivity contribution < 1.29 is 9.53 Å². The monoisotopic (exact) mass is 428 g/mol. The molecule has 4 saturated heterocycles. The Labute approximate surface area is 185 Å². The van der Waals surface area contributed by atoms with Gasteiger partial charge in [-0.3, -0.25) is 14.6 Å². The van der Waals surface area contributed by atoms with Crippen LogP contribution in [0, 0.1) is 5.41 Å². The normalized spacial score (nSPS) is 28.2. The topological polar surface area (TPSA) is 65.0 Å². The number of hydrogen-bond acceptors (Lipinski definition) is 7. The summed E-state index contributed by atoms with van der Waals surface area (Å²) in [5, 5.41) is 0. The standard InChI is InChI=1S/C23H36N6O2/c30-21-23(5-9-28(21)11-10-26-12-14-31-15-13-26)4-8-27(19-23)18-20-16-24-22(25-17-20)29-6-2-1-3-7-29/h16-17H,1-15,18-19H2. The number of likely N-dealkylation sites (tertiary alicyclic amines) is 2. The molecule has 0 N–H and O–H groups in total. The van der Waals surface area contributed by atoms with Gasteiger partial charge in [0.15, 0.2) is 0 Å². The van der Waals surface area contributed by atoms with E-state index in [1.807, 2.05) is 12.4 Å². The van der Waals surface area contributed by atoms with Crippen LogP contribution >= 0.6 is 0 Å². The van der Waals surface area contributed by atoms with Crippen LogP contribution in [0.4, 0.5) is 5.95 Å². The van der Waals surface area contributed by atoms with Crippen molar-refractivity contribution in [3.8, 4) is 0 Å². The second-order valence-corrected chi connectivity index (χ2v) is 9.68. The molecule has 170 valence electrons. The van der Waals surface area contributed by atoms with Crippen molar-refractivity contribution in [3.05, 3.63) is 18.0 Å². The summed E-state index contributed by atoms with van der Waals surface area (Å²) in [5.74, 6) is 1.24. The first-order valence-electron chi connectivity index (χ1n) is 12.1. The number of aromatic nitrogens is 2. The number of anilines is 1. The van der Waals surface area contributed by atoms with Crippen molar-refractivity contribution in [1.82, 2.24) is 24.7 Å². The Morgan fingerprint density at radius 1 is 0.871 bits per heavy atom. The molecular formula is C23H36N6O2. The molecule has 0 aliphatic carbocycles. The number of rotatable bonds is 6. The van der Waals surface area contributed by atoms with E-state index in [2.05, 4.69) is 29.6 Å². The molecule has 8 nitrogen and oxygen atoms in total. The quantitative estimate of drug-likeness (QED) is 0.675. The van der Waals surface area contributed by atoms with Crippen LogP contribution in [0.25, 0.3) is 0 Å². The highest BCUT2D eigenvalue weighted by atomic mass is 16.5. The summed E-state index contributed by atoms with van der Waals surface area (Å²) in [6, 6.07) is 0. The average molecular weight is 429 g/mol. The third kappa shape index (κ3) is 4.71. The summed E-state index contributed by atoms with van der Waals surface area (Å²) in [6.45, 7) is 11.2. The van der Waals surface area contributed by atoms with Crippen molar-refractivity contribution >= 4 is 11.9 Å². The summed E-state index contributed by atoms with van der Waals surface area (Å²) in [5.41, 5.74) is 0.979. The highest BCUT2D eigenvalue weighted by Crippen LogP contribution is 2.41. The highest BCUT2D eigenvalue weighted by molar-refractivity contribution is 5.85. The van der Waals surface area contributed by atoms with Crippen molar-refractivity contribution in [2.24, 2.45) is 5.41 Å². The van der Waals surface area contributed by atoms with Crippen LogP contribution in [0.15, 0.2) is 12.4 Å². The molecule has 0 saturated carbocycles. The predicted molar refractivity (Wildman–Crippen MR) is 119 cm³/mol. The Balaban J connectivity index is 1.12. The van der Waals surface area contributed by atoms with Crippen LogP contribution in [-0.2, 0) is 16.1 Å². The predicted octanol–water partition coefficient (Wildman–Crippen LogP) is 1.22. The van der Waals surface area contributed by atoms with Gasteiger partial charge in [-0.2, -0.15) is 0 Å². The molecule has 0 radical (unpaired) electrons. The first-order chi connectivity index (χ1) is 15.2. The Morgan fingerprint density at radius 3 is 2.39 bits per heavy atom. The van der Waals surface area contributed by atoms with E-state index in [0.717, 1.165) is 103 Å². The van der Waals surface area contributed by atoms with E-state index in [1.54, 1.807) is 0 Å². The first kappa shape index (κ1) is 21.1. The smallest absolute Gasteiger partial charge is 0.230 e. The van der Waals surface area contributed by atoms with E-state index in [1.165, 1.54) is 19.3 Å². The second-order valence-electron chi connectivity index (χ2n) is 9.68. The van der Waals surface area contributed by atoms with Gasteiger partial charge in [0.2, 0.25) is 11.9 Å². The molecule has 1 unspecified atom stereocenters. The molecule has 4 fully saturated rings. The summed E-state index contributed by atoms with van der Waals surface area (Å²) >= 11 is 0. The second kappa shape index (κ2) is 9.38. The van der Waals surface area contributed by atoms with Gasteiger partial charge < -0.3 is 14.5 Å². The van der Waals surface area contributed by atoms with Gasteiger partial charge in [-0.25, -0.2) is 9.97 Å². The minimum atomic E-state index is -0.167. The lowest BCUT2D eigenvalue weighted by molar-refractivity contribution is -0.135. The molecule has 1 atom stereocenters. The van der Waals surface area contributed by atoms with Crippen molar-refractivity contribution in [1.29, 1.82) is 0 Å². The number of piperidine rings is 1. The van der Waals surface area contributed by atoms with Gasteiger partial charge in [0.25, 0.3) is 0 Å². The van der Waals surface area contributed by atoms with Gasteiger partial charge in [-0.05, 0) is 38.6 Å². The SMILES string of the molecule is O=C1N(CCN2CCOCC2)CCC12CCN(Cc1cnc(N3CCCCC3)nc1)C2. The van der Waals surface area contributed by atoms with E-state index >= 15 is 0 Å². The van der Waals surface area contributed by atoms with Gasteiger partial charge in [0.1, 0.15) is 0 Å². The van der Waals surface area contributed by atoms with Crippen LogP contribution < -0.4 is 4.90 Å². The number of morpholine rings is 1. The van der Waals surface area contributed by atoms with E-state index in [9.17, 15) is 4.79 Å². The molecule has 1 aromatic rings. The Hall–Kier alpha value is -1.77. The minimum Gasteiger partial charge on any atom is -0.379 e. The summed E-state index contributed by atoms with van der Waals surface area (Å²) < 4.78 is 5.43. The molecular weight excluding hydrogens is 392 g/mol. The van der Waals surface area contributed by atoms with Crippen LogP contribution in [0.1, 0.15) is 37.7 Å². The number of hydrogen-bond donors (Lipinski definition) is 0. The van der Waals surface area contributed by atoms with Gasteiger partial charge in [0.05, 0.1) is 18.6 Å². The van der Waals surface area contributed by atoms with E-state index in [4.69, 9.17) is 4.74 Å². The van der Waals surface area contributed by atoms with Crippen LogP contribution in [-0.4, -0.2) is 103 Å². The fraction of sp³-hybridized carbons (Fsp3) is 0.783. The van der Waals surface area contributed by atoms with Crippen LogP contribution in [0.3, 0.4) is 0 Å². The zero-order valence-electron chi connectivity index (χ0n) is 18.7. The maximum absolute atomic E-state index is 13.2. The summed E-state index contributed by atoms with van der Waals surface area (Å²) in [4.78, 5) is 31.7. The lowest BCUT2D eigenvalue weighted by Crippen LogP contribution is -2.43. The third-order valence-electron chi connectivity index (χ3n) is 7.56. The lowest BCUT2D eigenvalue weighted by Gasteiger charge is -2.29. The Morgan fingerprint density at radius 2 is 1.61 bits per heavy atom. The molecule has 1 amide bonds. The molecule has 1 aromatic heterocycles. The molecule has 4 aliphatic heterocycles. The summed E-state index contributed by atoms with van der Waals surface area (Å²) in [6.07, 6.45) is 9.72. The lowest BCUT2D eigenvalue weighted by atomic mass is 9.85. The van der Waals surface area contributed by atoms with E-state index < -0.39 is 0 Å². The van der Waals surface area contributed by atoms with Crippen LogP contribution in [0.5, 0.6) is 0 Å². The zero-order chi connectivity index (χ0) is 21.1. The van der Waals surface area contributed by atoms with Gasteiger partial charge >= 0.3 is 0 Å². The summed E-state index contributed by atoms with van der Waals surface area (Å²) in [7, 11) is 0. The fourth-order valence-electron chi connectivity index (χ4n) is 5.61. The van der Waals surface area contributed by atoms with Crippen molar-refractivity contribution in [3.63, 3.8) is 0 Å². The first-order valence-corrected chi connectivity index (χ1v) is 12.1. The Bertz CT molecular complexity index is 747. The minimum absolute atomic E-state index is 0.167. The average Bonchev–Trinajstić information content (AvgIpc) is 3.37. The molecule has 5 heterocycles. The van der Waals surface area contributed by atoms with Crippen molar-refractivity contribution in [2.75, 3.05) is 77.0 Å². The van der Waals surface area contributed by atoms with E-state index in [-0.39, 0.29) is 5.41 Å². The number of nitrogens with zero attached hydrogens (tertiary/aromatic N) is 6. The Kier molecular flexibility index (Phi) is 6.39. The van der Waals surface area contributed by atoms with Gasteiger partial charge in [-0.1, -0.05) is 0 Å². The van der Waals surface area contributed by atoms with Crippen LogP contribution in [0.2, 0.25) is 0 Å². The number of carbonyl (C=O) groups is 1. The zero-order valence-corrected chi connectivity index (χ0v) is 18.7. The molecule has 1 spiro atoms. The molecule has 0 bridgehead atoms. The highest BCUT2D eigenvalue weighted by Gasteiger charge is 2.50. The number of amides is 1. The molecule has 0 aromatic carbocycles. The van der Waals surface area contributed by atoms with Gasteiger partial charge in [0, 0.05) is 76.9 Å².